The van der Waals surface area contributed by atoms with Gasteiger partial charge in [-0.3, -0.25) is 0 Å². The summed E-state index contributed by atoms with van der Waals surface area (Å²) in [7, 11) is 0. The summed E-state index contributed by atoms with van der Waals surface area (Å²) in [5.41, 5.74) is 0. The zero-order valence-corrected chi connectivity index (χ0v) is 6.81. The minimum absolute atomic E-state index is 0.524. The molecular weight excluding hydrogens is 176 g/mol. The van der Waals surface area contributed by atoms with E-state index < -0.39 is 0 Å². The molecule has 0 spiro atoms. The Hall–Kier alpha value is -1.42. The van der Waals surface area contributed by atoms with Crippen molar-refractivity contribution >= 4 is 11.6 Å². The molecule has 0 aliphatic heterocycles. The first kappa shape index (κ1) is 7.24. The average molecular weight is 181 g/mol. The molecule has 0 N–H and O–H groups in total. The molecule has 60 valence electrons. The van der Waals surface area contributed by atoms with Crippen LogP contribution in [0, 0.1) is 0 Å². The van der Waals surface area contributed by atoms with E-state index in [1.807, 2.05) is 0 Å². The molecule has 5 heteroatoms. The molecule has 12 heavy (non-hydrogen) atoms. The first-order chi connectivity index (χ1) is 5.88. The summed E-state index contributed by atoms with van der Waals surface area (Å²) in [4.78, 5) is 0. The Morgan fingerprint density at radius 2 is 2.17 bits per heavy atom. The topological polar surface area (TPSA) is 43.6 Å². The van der Waals surface area contributed by atoms with Crippen molar-refractivity contribution < 1.29 is 0 Å². The van der Waals surface area contributed by atoms with Crippen LogP contribution in [0.4, 0.5) is 0 Å². The molecule has 0 atom stereocenters. The summed E-state index contributed by atoms with van der Waals surface area (Å²) < 4.78 is 1.51. The quantitative estimate of drug-likeness (QED) is 0.665. The molecule has 0 aromatic carbocycles. The first-order valence-electron chi connectivity index (χ1n) is 3.35. The van der Waals surface area contributed by atoms with Gasteiger partial charge < -0.3 is 0 Å². The second-order valence-corrected chi connectivity index (χ2v) is 2.53. The molecule has 0 radical (unpaired) electrons. The highest BCUT2D eigenvalue weighted by Gasteiger charge is 2.01. The van der Waals surface area contributed by atoms with E-state index >= 15 is 0 Å². The van der Waals surface area contributed by atoms with E-state index in [4.69, 9.17) is 11.6 Å². The standard InChI is InChI=1S/C7H5ClN4/c8-6-3-5-10-12(6)7-2-1-4-9-11-7/h1-5H. The predicted octanol–water partition coefficient (Wildman–Crippen LogP) is 1.32. The van der Waals surface area contributed by atoms with Gasteiger partial charge in [0.05, 0.1) is 6.20 Å². The third-order valence-corrected chi connectivity index (χ3v) is 1.66. The minimum atomic E-state index is 0.524. The van der Waals surface area contributed by atoms with E-state index in [0.29, 0.717) is 11.0 Å². The number of aromatic nitrogens is 4. The normalized spacial score (nSPS) is 10.1. The van der Waals surface area contributed by atoms with Gasteiger partial charge in [-0.1, -0.05) is 11.6 Å². The number of hydrogen-bond donors (Lipinski definition) is 0. The third-order valence-electron chi connectivity index (χ3n) is 1.37. The lowest BCUT2D eigenvalue weighted by Crippen LogP contribution is -1.99. The molecular formula is C7H5ClN4. The Morgan fingerprint density at radius 1 is 1.25 bits per heavy atom. The maximum Gasteiger partial charge on any atom is 0.177 e. The average Bonchev–Trinajstić information content (AvgIpc) is 2.53. The lowest BCUT2D eigenvalue weighted by molar-refractivity contribution is 0.815. The van der Waals surface area contributed by atoms with Crippen molar-refractivity contribution in [2.45, 2.75) is 0 Å². The van der Waals surface area contributed by atoms with Gasteiger partial charge in [-0.15, -0.1) is 5.10 Å². The minimum Gasteiger partial charge on any atom is -0.202 e. The molecule has 0 aliphatic carbocycles. The third kappa shape index (κ3) is 1.16. The molecule has 4 nitrogen and oxygen atoms in total. The second kappa shape index (κ2) is 2.91. The maximum absolute atomic E-state index is 5.81. The Labute approximate surface area is 73.8 Å². The molecule has 0 saturated heterocycles. The highest BCUT2D eigenvalue weighted by Crippen LogP contribution is 2.10. The van der Waals surface area contributed by atoms with Crippen molar-refractivity contribution in [2.75, 3.05) is 0 Å². The van der Waals surface area contributed by atoms with Gasteiger partial charge in [0.25, 0.3) is 0 Å². The summed E-state index contributed by atoms with van der Waals surface area (Å²) in [6.45, 7) is 0. The molecule has 0 unspecified atom stereocenters. The van der Waals surface area contributed by atoms with Crippen LogP contribution in [0.2, 0.25) is 5.15 Å². The summed E-state index contributed by atoms with van der Waals surface area (Å²) in [6, 6.07) is 5.25. The van der Waals surface area contributed by atoms with Crippen LogP contribution < -0.4 is 0 Å². The van der Waals surface area contributed by atoms with Crippen LogP contribution in [-0.2, 0) is 0 Å². The Balaban J connectivity index is 2.51. The smallest absolute Gasteiger partial charge is 0.177 e. The number of nitrogens with zero attached hydrogens (tertiary/aromatic N) is 4. The predicted molar refractivity (Wildman–Crippen MR) is 44.2 cm³/mol. The van der Waals surface area contributed by atoms with Crippen LogP contribution in [0.5, 0.6) is 0 Å². The zero-order valence-electron chi connectivity index (χ0n) is 6.05. The number of halogens is 1. The van der Waals surface area contributed by atoms with E-state index in [1.165, 1.54) is 4.68 Å². The van der Waals surface area contributed by atoms with Gasteiger partial charge in [0, 0.05) is 6.20 Å². The largest absolute Gasteiger partial charge is 0.202 e. The fraction of sp³-hybridized carbons (Fsp3) is 0. The van der Waals surface area contributed by atoms with Gasteiger partial charge in [-0.2, -0.15) is 10.2 Å². The highest BCUT2D eigenvalue weighted by atomic mass is 35.5. The Kier molecular flexibility index (Phi) is 1.75. The summed E-state index contributed by atoms with van der Waals surface area (Å²) >= 11 is 5.81. The van der Waals surface area contributed by atoms with Crippen LogP contribution in [0.1, 0.15) is 0 Å². The monoisotopic (exact) mass is 180 g/mol. The van der Waals surface area contributed by atoms with Gasteiger partial charge >= 0.3 is 0 Å². The van der Waals surface area contributed by atoms with E-state index in [9.17, 15) is 0 Å². The van der Waals surface area contributed by atoms with E-state index in [2.05, 4.69) is 15.3 Å². The SMILES string of the molecule is Clc1ccnn1-c1cccnn1. The zero-order chi connectivity index (χ0) is 8.39. The van der Waals surface area contributed by atoms with Gasteiger partial charge in [-0.05, 0) is 18.2 Å². The fourth-order valence-corrected chi connectivity index (χ4v) is 1.05. The molecule has 0 fully saturated rings. The van der Waals surface area contributed by atoms with Crippen LogP contribution in [0.3, 0.4) is 0 Å². The van der Waals surface area contributed by atoms with Crippen LogP contribution >= 0.6 is 11.6 Å². The van der Waals surface area contributed by atoms with Crippen molar-refractivity contribution in [3.05, 3.63) is 35.7 Å². The highest BCUT2D eigenvalue weighted by molar-refractivity contribution is 6.29. The molecule has 2 aromatic rings. The molecule has 0 bridgehead atoms. The molecule has 0 saturated carbocycles. The van der Waals surface area contributed by atoms with Gasteiger partial charge in [0.1, 0.15) is 5.15 Å². The fourth-order valence-electron chi connectivity index (χ4n) is 0.862. The summed E-state index contributed by atoms with van der Waals surface area (Å²) in [5, 5.41) is 12.1. The lowest BCUT2D eigenvalue weighted by atomic mass is 10.5. The molecule has 0 aliphatic rings. The van der Waals surface area contributed by atoms with Crippen molar-refractivity contribution in [2.24, 2.45) is 0 Å². The molecule has 2 rings (SSSR count). The Bertz CT molecular complexity index is 370. The van der Waals surface area contributed by atoms with Gasteiger partial charge in [-0.25, -0.2) is 4.68 Å². The number of hydrogen-bond acceptors (Lipinski definition) is 3. The van der Waals surface area contributed by atoms with E-state index in [-0.39, 0.29) is 0 Å². The lowest BCUT2D eigenvalue weighted by Gasteiger charge is -1.98. The first-order valence-corrected chi connectivity index (χ1v) is 3.73. The van der Waals surface area contributed by atoms with Gasteiger partial charge in [0.2, 0.25) is 0 Å². The summed E-state index contributed by atoms with van der Waals surface area (Å²) in [5.74, 6) is 0.618. The molecule has 2 heterocycles. The van der Waals surface area contributed by atoms with E-state index in [0.717, 1.165) is 0 Å². The van der Waals surface area contributed by atoms with Crippen molar-refractivity contribution in [1.29, 1.82) is 0 Å². The molecule has 0 amide bonds. The van der Waals surface area contributed by atoms with Crippen LogP contribution in [0.25, 0.3) is 5.82 Å². The van der Waals surface area contributed by atoms with Crippen molar-refractivity contribution in [3.8, 4) is 5.82 Å². The van der Waals surface area contributed by atoms with Crippen molar-refractivity contribution in [1.82, 2.24) is 20.0 Å². The summed E-state index contributed by atoms with van der Waals surface area (Å²) in [6.07, 6.45) is 3.21. The Morgan fingerprint density at radius 3 is 2.75 bits per heavy atom. The number of rotatable bonds is 1. The molecule has 2 aromatic heterocycles. The van der Waals surface area contributed by atoms with Gasteiger partial charge in [0.15, 0.2) is 5.82 Å². The van der Waals surface area contributed by atoms with Crippen molar-refractivity contribution in [3.63, 3.8) is 0 Å². The maximum atomic E-state index is 5.81. The van der Waals surface area contributed by atoms with Crippen LogP contribution in [0.15, 0.2) is 30.6 Å². The van der Waals surface area contributed by atoms with E-state index in [1.54, 1.807) is 30.6 Å². The van der Waals surface area contributed by atoms with Crippen LogP contribution in [-0.4, -0.2) is 20.0 Å². The second-order valence-electron chi connectivity index (χ2n) is 2.15.